The van der Waals surface area contributed by atoms with Gasteiger partial charge in [0.1, 0.15) is 0 Å². The number of hydrogen-bond donors (Lipinski definition) is 0. The molecule has 1 aromatic rings. The first-order valence-electron chi connectivity index (χ1n) is 3.49. The highest BCUT2D eigenvalue weighted by molar-refractivity contribution is 5.30. The first-order chi connectivity index (χ1) is 5.20. The lowest BCUT2D eigenvalue weighted by Crippen LogP contribution is -2.05. The summed E-state index contributed by atoms with van der Waals surface area (Å²) in [6, 6.07) is 3.30. The van der Waals surface area contributed by atoms with Crippen molar-refractivity contribution in [3.8, 4) is 11.6 Å². The van der Waals surface area contributed by atoms with E-state index in [-0.39, 0.29) is 12.0 Å². The fourth-order valence-corrected chi connectivity index (χ4v) is 0.720. The number of rotatable bonds is 2. The van der Waals surface area contributed by atoms with Gasteiger partial charge in [0.15, 0.2) is 5.75 Å². The molecule has 0 aliphatic rings. The van der Waals surface area contributed by atoms with Gasteiger partial charge < -0.3 is 4.74 Å². The zero-order valence-electron chi connectivity index (χ0n) is 6.57. The zero-order chi connectivity index (χ0) is 8.27. The van der Waals surface area contributed by atoms with Gasteiger partial charge in [0.2, 0.25) is 0 Å². The Bertz CT molecular complexity index is 235. The normalized spacial score (nSPS) is 10.1. The Morgan fingerprint density at radius 1 is 1.55 bits per heavy atom. The summed E-state index contributed by atoms with van der Waals surface area (Å²) in [7, 11) is 0. The van der Waals surface area contributed by atoms with Crippen LogP contribution >= 0.6 is 0 Å². The summed E-state index contributed by atoms with van der Waals surface area (Å²) in [6.07, 6.45) is 1.47. The Hall–Kier alpha value is -1.25. The van der Waals surface area contributed by atoms with Crippen molar-refractivity contribution in [1.29, 1.82) is 0 Å². The van der Waals surface area contributed by atoms with Gasteiger partial charge >= 0.3 is 5.88 Å². The molecule has 1 radical (unpaired) electrons. The van der Waals surface area contributed by atoms with E-state index >= 15 is 0 Å². The molecule has 0 aliphatic heterocycles. The molecule has 1 heterocycles. The van der Waals surface area contributed by atoms with Gasteiger partial charge in [0.05, 0.1) is 6.10 Å². The van der Waals surface area contributed by atoms with E-state index in [4.69, 9.17) is 4.74 Å². The van der Waals surface area contributed by atoms with Gasteiger partial charge in [-0.2, -0.15) is 0 Å². The molecule has 59 valence electrons. The molecular formula is C8H10NO2. The van der Waals surface area contributed by atoms with Crippen LogP contribution in [0.5, 0.6) is 11.6 Å². The Kier molecular flexibility index (Phi) is 2.31. The molecule has 0 atom stereocenters. The first-order valence-corrected chi connectivity index (χ1v) is 3.49. The SMILES string of the molecule is CC(C)Oc1cccnc1[O]. The number of aromatic nitrogens is 1. The number of pyridine rings is 1. The highest BCUT2D eigenvalue weighted by Gasteiger charge is 2.04. The molecule has 0 fully saturated rings. The average molecular weight is 152 g/mol. The van der Waals surface area contributed by atoms with Crippen LogP contribution in [0, 0.1) is 0 Å². The van der Waals surface area contributed by atoms with E-state index in [1.54, 1.807) is 12.1 Å². The minimum absolute atomic E-state index is 0.0203. The van der Waals surface area contributed by atoms with Crippen molar-refractivity contribution in [3.05, 3.63) is 18.3 Å². The Morgan fingerprint density at radius 2 is 2.27 bits per heavy atom. The van der Waals surface area contributed by atoms with E-state index in [0.29, 0.717) is 5.75 Å². The van der Waals surface area contributed by atoms with Gasteiger partial charge in [-0.05, 0) is 26.0 Å². The van der Waals surface area contributed by atoms with Crippen molar-refractivity contribution < 1.29 is 9.84 Å². The van der Waals surface area contributed by atoms with E-state index in [0.717, 1.165) is 0 Å². The summed E-state index contributed by atoms with van der Waals surface area (Å²) >= 11 is 0. The second kappa shape index (κ2) is 3.23. The molecule has 0 spiro atoms. The van der Waals surface area contributed by atoms with E-state index in [9.17, 15) is 5.11 Å². The average Bonchev–Trinajstić information content (AvgIpc) is 1.93. The summed E-state index contributed by atoms with van der Waals surface area (Å²) in [5.41, 5.74) is 0. The Balaban J connectivity index is 2.78. The lowest BCUT2D eigenvalue weighted by Gasteiger charge is -2.07. The van der Waals surface area contributed by atoms with Gasteiger partial charge in [0.25, 0.3) is 0 Å². The molecule has 0 bridgehead atoms. The molecule has 1 rings (SSSR count). The molecule has 0 N–H and O–H groups in total. The quantitative estimate of drug-likeness (QED) is 0.650. The number of ether oxygens (including phenoxy) is 1. The molecule has 11 heavy (non-hydrogen) atoms. The summed E-state index contributed by atoms with van der Waals surface area (Å²) in [5, 5.41) is 10.9. The third-order valence-electron chi connectivity index (χ3n) is 1.10. The topological polar surface area (TPSA) is 42.0 Å². The van der Waals surface area contributed by atoms with E-state index in [2.05, 4.69) is 4.98 Å². The lowest BCUT2D eigenvalue weighted by atomic mass is 10.4. The van der Waals surface area contributed by atoms with Crippen LogP contribution < -0.4 is 4.74 Å². The summed E-state index contributed by atoms with van der Waals surface area (Å²) in [5.74, 6) is 0.0173. The highest BCUT2D eigenvalue weighted by atomic mass is 16.5. The summed E-state index contributed by atoms with van der Waals surface area (Å²) < 4.78 is 5.17. The maximum absolute atomic E-state index is 10.9. The molecule has 0 saturated carbocycles. The maximum Gasteiger partial charge on any atom is 0.311 e. The fraction of sp³-hybridized carbons (Fsp3) is 0.375. The molecule has 1 aromatic heterocycles. The number of hydrogen-bond acceptors (Lipinski definition) is 2. The smallest absolute Gasteiger partial charge is 0.311 e. The van der Waals surface area contributed by atoms with Crippen molar-refractivity contribution in [1.82, 2.24) is 4.98 Å². The molecule has 0 saturated heterocycles. The predicted octanol–water partition coefficient (Wildman–Crippen LogP) is 2.01. The second-order valence-corrected chi connectivity index (χ2v) is 2.47. The molecule has 0 aromatic carbocycles. The van der Waals surface area contributed by atoms with Crippen molar-refractivity contribution in [2.45, 2.75) is 20.0 Å². The van der Waals surface area contributed by atoms with Crippen LogP contribution in [0.4, 0.5) is 0 Å². The van der Waals surface area contributed by atoms with E-state index in [1.807, 2.05) is 13.8 Å². The van der Waals surface area contributed by atoms with Gasteiger partial charge in [-0.3, -0.25) is 5.11 Å². The van der Waals surface area contributed by atoms with E-state index < -0.39 is 0 Å². The van der Waals surface area contributed by atoms with Crippen molar-refractivity contribution >= 4 is 0 Å². The number of nitrogens with zero attached hydrogens (tertiary/aromatic N) is 1. The highest BCUT2D eigenvalue weighted by Crippen LogP contribution is 2.22. The maximum atomic E-state index is 10.9. The Morgan fingerprint density at radius 3 is 2.82 bits per heavy atom. The van der Waals surface area contributed by atoms with Crippen LogP contribution in [0.1, 0.15) is 13.8 Å². The standard InChI is InChI=1S/C8H10NO2/c1-6(2)11-7-4-3-5-9-8(7)10/h3-6H,1-2H3. The van der Waals surface area contributed by atoms with Crippen molar-refractivity contribution in [3.63, 3.8) is 0 Å². The van der Waals surface area contributed by atoms with Crippen LogP contribution in [0.15, 0.2) is 18.3 Å². The monoisotopic (exact) mass is 152 g/mol. The minimum Gasteiger partial charge on any atom is -0.485 e. The van der Waals surface area contributed by atoms with Crippen molar-refractivity contribution in [2.24, 2.45) is 0 Å². The van der Waals surface area contributed by atoms with Gasteiger partial charge in [-0.1, -0.05) is 0 Å². The molecule has 0 aliphatic carbocycles. The summed E-state index contributed by atoms with van der Waals surface area (Å²) in [6.45, 7) is 3.74. The van der Waals surface area contributed by atoms with Crippen molar-refractivity contribution in [2.75, 3.05) is 0 Å². The first kappa shape index (κ1) is 7.85. The van der Waals surface area contributed by atoms with Gasteiger partial charge in [-0.15, -0.1) is 0 Å². The summed E-state index contributed by atoms with van der Waals surface area (Å²) in [4.78, 5) is 3.55. The van der Waals surface area contributed by atoms with Crippen LogP contribution in [-0.4, -0.2) is 11.1 Å². The van der Waals surface area contributed by atoms with E-state index in [1.165, 1.54) is 6.20 Å². The third-order valence-corrected chi connectivity index (χ3v) is 1.10. The van der Waals surface area contributed by atoms with Crippen LogP contribution in [-0.2, 0) is 5.11 Å². The van der Waals surface area contributed by atoms with Gasteiger partial charge in [-0.25, -0.2) is 4.98 Å². The lowest BCUT2D eigenvalue weighted by molar-refractivity contribution is 0.217. The predicted molar refractivity (Wildman–Crippen MR) is 40.1 cm³/mol. The fourth-order valence-electron chi connectivity index (χ4n) is 0.720. The zero-order valence-corrected chi connectivity index (χ0v) is 6.57. The third kappa shape index (κ3) is 2.11. The molecule has 3 heteroatoms. The molecular weight excluding hydrogens is 142 g/mol. The van der Waals surface area contributed by atoms with Crippen LogP contribution in [0.2, 0.25) is 0 Å². The molecule has 0 unspecified atom stereocenters. The minimum atomic E-state index is -0.304. The van der Waals surface area contributed by atoms with Crippen LogP contribution in [0.25, 0.3) is 0 Å². The van der Waals surface area contributed by atoms with Gasteiger partial charge in [0, 0.05) is 6.20 Å². The molecule has 3 nitrogen and oxygen atoms in total. The second-order valence-electron chi connectivity index (χ2n) is 2.47. The van der Waals surface area contributed by atoms with Crippen LogP contribution in [0.3, 0.4) is 0 Å². The Labute approximate surface area is 65.7 Å². The largest absolute Gasteiger partial charge is 0.485 e. The molecule has 0 amide bonds.